The number of nitrogens with one attached hydrogen (secondary N) is 2. The number of thiophene rings is 1. The molecule has 0 unspecified atom stereocenters. The summed E-state index contributed by atoms with van der Waals surface area (Å²) in [7, 11) is 0. The van der Waals surface area contributed by atoms with Crippen LogP contribution in [0.5, 0.6) is 0 Å². The van der Waals surface area contributed by atoms with E-state index in [1.807, 2.05) is 0 Å². The Kier molecular flexibility index (Phi) is 5.27. The maximum Gasteiger partial charge on any atom is 0.324 e. The van der Waals surface area contributed by atoms with Gasteiger partial charge in [-0.05, 0) is 30.7 Å². The quantitative estimate of drug-likeness (QED) is 0.760. The van der Waals surface area contributed by atoms with Crippen molar-refractivity contribution in [3.05, 3.63) is 45.3 Å². The number of rotatable bonds is 4. The number of carbonyl (C=O) groups excluding carboxylic acids is 2. The van der Waals surface area contributed by atoms with Crippen LogP contribution < -0.4 is 16.4 Å². The Hall–Kier alpha value is -2.09. The normalized spacial score (nSPS) is 14.0. The lowest BCUT2D eigenvalue weighted by molar-refractivity contribution is 0.1000. The number of anilines is 2. The van der Waals surface area contributed by atoms with Crippen molar-refractivity contribution in [1.82, 2.24) is 4.90 Å². The lowest BCUT2D eigenvalue weighted by Crippen LogP contribution is -2.30. The van der Waals surface area contributed by atoms with E-state index in [1.54, 1.807) is 24.3 Å². The minimum absolute atomic E-state index is 0.421. The number of nitrogens with zero attached hydrogens (tertiary/aromatic N) is 1. The van der Waals surface area contributed by atoms with Gasteiger partial charge in [0.05, 0.1) is 16.3 Å². The number of amides is 3. The first kappa shape index (κ1) is 17.7. The number of hydrogen-bond acceptors (Lipinski definition) is 4. The van der Waals surface area contributed by atoms with Gasteiger partial charge in [0, 0.05) is 18.0 Å². The molecule has 1 aliphatic heterocycles. The monoisotopic (exact) mass is 378 g/mol. The van der Waals surface area contributed by atoms with Crippen molar-refractivity contribution in [3.63, 3.8) is 0 Å². The molecule has 0 atom stereocenters. The second kappa shape index (κ2) is 7.43. The van der Waals surface area contributed by atoms with Crippen molar-refractivity contribution in [1.29, 1.82) is 0 Å². The van der Waals surface area contributed by atoms with Crippen LogP contribution in [0.4, 0.5) is 15.5 Å². The van der Waals surface area contributed by atoms with E-state index in [1.165, 1.54) is 11.3 Å². The highest BCUT2D eigenvalue weighted by molar-refractivity contribution is 7.17. The SMILES string of the molecule is CCN1CCc2c(sc(NC(=O)Nc3ccccc3Cl)c2C(N)=O)C1. The molecule has 0 aliphatic carbocycles. The largest absolute Gasteiger partial charge is 0.365 e. The molecule has 6 nitrogen and oxygen atoms in total. The average molecular weight is 379 g/mol. The number of halogens is 1. The van der Waals surface area contributed by atoms with E-state index in [0.717, 1.165) is 36.5 Å². The van der Waals surface area contributed by atoms with Gasteiger partial charge in [-0.2, -0.15) is 0 Å². The van der Waals surface area contributed by atoms with Gasteiger partial charge in [0.25, 0.3) is 5.91 Å². The summed E-state index contributed by atoms with van der Waals surface area (Å²) in [4.78, 5) is 27.6. The van der Waals surface area contributed by atoms with Crippen LogP contribution in [0.1, 0.15) is 27.7 Å². The van der Waals surface area contributed by atoms with E-state index < -0.39 is 11.9 Å². The predicted octanol–water partition coefficient (Wildman–Crippen LogP) is 3.52. The minimum Gasteiger partial charge on any atom is -0.365 e. The zero-order valence-corrected chi connectivity index (χ0v) is 15.3. The molecule has 25 heavy (non-hydrogen) atoms. The molecule has 0 radical (unpaired) electrons. The summed E-state index contributed by atoms with van der Waals surface area (Å²) in [5.74, 6) is -0.518. The summed E-state index contributed by atoms with van der Waals surface area (Å²) in [5, 5.41) is 6.36. The highest BCUT2D eigenvalue weighted by atomic mass is 35.5. The van der Waals surface area contributed by atoms with E-state index in [0.29, 0.717) is 21.3 Å². The average Bonchev–Trinajstić information content (AvgIpc) is 2.93. The first-order valence-corrected chi connectivity index (χ1v) is 9.18. The number of likely N-dealkylation sites (N-methyl/N-ethyl adjacent to an activating group) is 1. The Balaban J connectivity index is 1.82. The van der Waals surface area contributed by atoms with E-state index in [9.17, 15) is 9.59 Å². The van der Waals surface area contributed by atoms with Gasteiger partial charge in [0.15, 0.2) is 0 Å². The van der Waals surface area contributed by atoms with Crippen LogP contribution in [0.2, 0.25) is 5.02 Å². The van der Waals surface area contributed by atoms with Crippen LogP contribution in [0.15, 0.2) is 24.3 Å². The number of fused-ring (bicyclic) bond motifs is 1. The summed E-state index contributed by atoms with van der Waals surface area (Å²) in [5.41, 5.74) is 7.44. The maximum atomic E-state index is 12.3. The van der Waals surface area contributed by atoms with Gasteiger partial charge in [0.2, 0.25) is 0 Å². The molecular formula is C17H19ClN4O2S. The third-order valence-electron chi connectivity index (χ3n) is 4.18. The topological polar surface area (TPSA) is 87.5 Å². The van der Waals surface area contributed by atoms with Gasteiger partial charge in [-0.15, -0.1) is 11.3 Å². The fourth-order valence-electron chi connectivity index (χ4n) is 2.89. The Labute approximate surface area is 155 Å². The van der Waals surface area contributed by atoms with E-state index in [4.69, 9.17) is 17.3 Å². The molecule has 0 saturated heterocycles. The van der Waals surface area contributed by atoms with Crippen LogP contribution in [0.3, 0.4) is 0 Å². The number of benzene rings is 1. The molecule has 1 aromatic carbocycles. The molecule has 1 aliphatic rings. The lowest BCUT2D eigenvalue weighted by Gasteiger charge is -2.25. The zero-order chi connectivity index (χ0) is 18.0. The van der Waals surface area contributed by atoms with Crippen LogP contribution in [-0.4, -0.2) is 29.9 Å². The van der Waals surface area contributed by atoms with Gasteiger partial charge in [-0.1, -0.05) is 30.7 Å². The molecule has 3 rings (SSSR count). The van der Waals surface area contributed by atoms with Crippen LogP contribution >= 0.6 is 22.9 Å². The first-order valence-electron chi connectivity index (χ1n) is 7.98. The summed E-state index contributed by atoms with van der Waals surface area (Å²) < 4.78 is 0. The number of hydrogen-bond donors (Lipinski definition) is 3. The second-order valence-corrected chi connectivity index (χ2v) is 7.26. The molecule has 4 N–H and O–H groups in total. The number of carbonyl (C=O) groups is 2. The molecule has 1 aromatic heterocycles. The van der Waals surface area contributed by atoms with E-state index in [2.05, 4.69) is 22.5 Å². The van der Waals surface area contributed by atoms with Crippen LogP contribution in [0.25, 0.3) is 0 Å². The van der Waals surface area contributed by atoms with Gasteiger partial charge >= 0.3 is 6.03 Å². The molecule has 0 saturated carbocycles. The van der Waals surface area contributed by atoms with Crippen molar-refractivity contribution in [2.45, 2.75) is 19.9 Å². The van der Waals surface area contributed by atoms with Crippen molar-refractivity contribution in [3.8, 4) is 0 Å². The van der Waals surface area contributed by atoms with Crippen molar-refractivity contribution >= 4 is 45.6 Å². The Bertz CT molecular complexity index is 821. The number of primary amides is 1. The Morgan fingerprint density at radius 1 is 1.32 bits per heavy atom. The van der Waals surface area contributed by atoms with E-state index >= 15 is 0 Å². The number of para-hydroxylation sites is 1. The molecule has 3 amide bonds. The molecular weight excluding hydrogens is 360 g/mol. The van der Waals surface area contributed by atoms with Crippen molar-refractivity contribution in [2.75, 3.05) is 23.7 Å². The molecule has 132 valence electrons. The molecule has 2 heterocycles. The summed E-state index contributed by atoms with van der Waals surface area (Å²) in [6.45, 7) is 4.69. The number of nitrogens with two attached hydrogens (primary N) is 1. The zero-order valence-electron chi connectivity index (χ0n) is 13.8. The fraction of sp³-hybridized carbons (Fsp3) is 0.294. The molecule has 0 spiro atoms. The second-order valence-electron chi connectivity index (χ2n) is 5.75. The summed E-state index contributed by atoms with van der Waals surface area (Å²) in [6, 6.07) is 6.50. The summed E-state index contributed by atoms with van der Waals surface area (Å²) in [6.07, 6.45) is 0.756. The third kappa shape index (κ3) is 3.78. The van der Waals surface area contributed by atoms with Gasteiger partial charge in [0.1, 0.15) is 5.00 Å². The molecule has 0 fully saturated rings. The van der Waals surface area contributed by atoms with Gasteiger partial charge in [-0.25, -0.2) is 4.79 Å². The fourth-order valence-corrected chi connectivity index (χ4v) is 4.37. The Morgan fingerprint density at radius 2 is 2.08 bits per heavy atom. The predicted molar refractivity (Wildman–Crippen MR) is 102 cm³/mol. The summed E-state index contributed by atoms with van der Waals surface area (Å²) >= 11 is 7.45. The van der Waals surface area contributed by atoms with Gasteiger partial charge in [-0.3, -0.25) is 15.0 Å². The third-order valence-corrected chi connectivity index (χ3v) is 5.64. The molecule has 0 bridgehead atoms. The van der Waals surface area contributed by atoms with Crippen LogP contribution in [-0.2, 0) is 13.0 Å². The van der Waals surface area contributed by atoms with Crippen molar-refractivity contribution < 1.29 is 9.59 Å². The standard InChI is InChI=1S/C17H19ClN4O2S/c1-2-22-8-7-10-13(9-22)25-16(14(10)15(19)23)21-17(24)20-12-6-4-3-5-11(12)18/h3-6H,2,7-9H2,1H3,(H2,19,23)(H2,20,21,24). The Morgan fingerprint density at radius 3 is 2.76 bits per heavy atom. The molecule has 8 heteroatoms. The lowest BCUT2D eigenvalue weighted by atomic mass is 10.0. The minimum atomic E-state index is -0.518. The van der Waals surface area contributed by atoms with Crippen LogP contribution in [0, 0.1) is 0 Å². The highest BCUT2D eigenvalue weighted by Crippen LogP contribution is 2.37. The van der Waals surface area contributed by atoms with Gasteiger partial charge < -0.3 is 11.1 Å². The maximum absolute atomic E-state index is 12.3. The first-order chi connectivity index (χ1) is 12.0. The van der Waals surface area contributed by atoms with E-state index in [-0.39, 0.29) is 0 Å². The smallest absolute Gasteiger partial charge is 0.324 e. The molecule has 2 aromatic rings. The highest BCUT2D eigenvalue weighted by Gasteiger charge is 2.27. The number of urea groups is 1. The van der Waals surface area contributed by atoms with Crippen molar-refractivity contribution in [2.24, 2.45) is 5.73 Å².